The largest absolute Gasteiger partial charge is 0.477 e. The quantitative estimate of drug-likeness (QED) is 0.353. The lowest BCUT2D eigenvalue weighted by atomic mass is 9.81. The number of carboxylic acids is 1. The molecule has 2 heterocycles. The second kappa shape index (κ2) is 11.9. The number of carbonyl (C=O) groups is 2. The number of ether oxygens (including phenoxy) is 2. The Kier molecular flexibility index (Phi) is 9.03. The average molecular weight is 544 g/mol. The van der Waals surface area contributed by atoms with Crippen LogP contribution in [0.25, 0.3) is 0 Å². The van der Waals surface area contributed by atoms with E-state index >= 15 is 0 Å². The monoisotopic (exact) mass is 543 g/mol. The normalized spacial score (nSPS) is 27.8. The first-order valence-corrected chi connectivity index (χ1v) is 14.6. The lowest BCUT2D eigenvalue weighted by Crippen LogP contribution is -2.50. The van der Waals surface area contributed by atoms with E-state index in [4.69, 9.17) is 9.47 Å². The van der Waals surface area contributed by atoms with Gasteiger partial charge in [-0.3, -0.25) is 4.79 Å². The number of carboxylic acid groups (broad SMARTS) is 1. The van der Waals surface area contributed by atoms with Crippen molar-refractivity contribution in [1.82, 2.24) is 0 Å². The molecule has 1 saturated heterocycles. The van der Waals surface area contributed by atoms with Gasteiger partial charge in [-0.2, -0.15) is 0 Å². The minimum atomic E-state index is -1.05. The van der Waals surface area contributed by atoms with Gasteiger partial charge in [0.25, 0.3) is 0 Å². The zero-order valence-electron chi connectivity index (χ0n) is 23.0. The van der Waals surface area contributed by atoms with Gasteiger partial charge in [-0.1, -0.05) is 23.5 Å². The van der Waals surface area contributed by atoms with Crippen molar-refractivity contribution in [1.29, 1.82) is 0 Å². The fraction of sp³-hybridized carbons (Fsp3) is 0.667. The summed E-state index contributed by atoms with van der Waals surface area (Å²) >= 11 is 1.13. The maximum absolute atomic E-state index is 14.0. The van der Waals surface area contributed by atoms with Crippen molar-refractivity contribution in [3.05, 3.63) is 27.5 Å². The molecule has 1 saturated carbocycles. The van der Waals surface area contributed by atoms with E-state index in [1.807, 2.05) is 20.8 Å². The summed E-state index contributed by atoms with van der Waals surface area (Å²) in [6.45, 7) is 9.61. The third kappa shape index (κ3) is 7.26. The molecule has 1 unspecified atom stereocenters. The maximum atomic E-state index is 14.0. The summed E-state index contributed by atoms with van der Waals surface area (Å²) in [7, 11) is 0. The van der Waals surface area contributed by atoms with Gasteiger partial charge < -0.3 is 24.6 Å². The van der Waals surface area contributed by atoms with Gasteiger partial charge in [-0.15, -0.1) is 11.3 Å². The van der Waals surface area contributed by atoms with Crippen LogP contribution in [-0.4, -0.2) is 59.7 Å². The number of aromatic carboxylic acids is 1. The standard InChI is InChI=1S/C30H41NO6S/c1-20-5-7-21(8-6-20)27(32)31(25-17-24(11-13-29(2,3)4)38-26(25)28(33)34)22-9-14-30(35,15-10-22)19-37-23-12-16-36-18-23/h5,17,21-23,35H,6-10,12,14-16,18-19H2,1-4H3,(H,33,34)/t21?,22-,23-,30+/m0/s1. The van der Waals surface area contributed by atoms with Gasteiger partial charge >= 0.3 is 5.97 Å². The number of thiophene rings is 1. The zero-order valence-corrected chi connectivity index (χ0v) is 23.9. The first-order chi connectivity index (χ1) is 17.9. The van der Waals surface area contributed by atoms with Crippen LogP contribution in [0.15, 0.2) is 17.7 Å². The van der Waals surface area contributed by atoms with Crippen molar-refractivity contribution in [2.45, 2.75) is 96.8 Å². The highest BCUT2D eigenvalue weighted by atomic mass is 32.1. The van der Waals surface area contributed by atoms with Crippen LogP contribution in [0.4, 0.5) is 5.69 Å². The molecule has 2 fully saturated rings. The minimum absolute atomic E-state index is 0.0224. The topological polar surface area (TPSA) is 96.3 Å². The predicted octanol–water partition coefficient (Wildman–Crippen LogP) is 5.40. The third-order valence-corrected chi connectivity index (χ3v) is 8.71. The van der Waals surface area contributed by atoms with Crippen molar-refractivity contribution >= 4 is 28.9 Å². The fourth-order valence-electron chi connectivity index (χ4n) is 5.37. The predicted molar refractivity (Wildman–Crippen MR) is 149 cm³/mol. The Labute approximate surface area is 230 Å². The molecule has 2 aliphatic carbocycles. The highest BCUT2D eigenvalue weighted by Gasteiger charge is 2.41. The zero-order chi connectivity index (χ0) is 27.5. The summed E-state index contributed by atoms with van der Waals surface area (Å²) < 4.78 is 11.3. The van der Waals surface area contributed by atoms with E-state index in [0.29, 0.717) is 55.9 Å². The van der Waals surface area contributed by atoms with Crippen LogP contribution < -0.4 is 4.90 Å². The molecule has 2 atom stereocenters. The van der Waals surface area contributed by atoms with Crippen LogP contribution in [0, 0.1) is 23.2 Å². The first-order valence-electron chi connectivity index (χ1n) is 13.7. The van der Waals surface area contributed by atoms with Gasteiger partial charge in [0.15, 0.2) is 0 Å². The van der Waals surface area contributed by atoms with Crippen LogP contribution in [0.3, 0.4) is 0 Å². The molecule has 0 bridgehead atoms. The molecule has 38 heavy (non-hydrogen) atoms. The molecule has 1 aliphatic heterocycles. The molecule has 1 aromatic heterocycles. The van der Waals surface area contributed by atoms with E-state index in [2.05, 4.69) is 24.8 Å². The van der Waals surface area contributed by atoms with Crippen molar-refractivity contribution in [2.75, 3.05) is 24.7 Å². The Hall–Kier alpha value is -2.18. The third-order valence-electron chi connectivity index (χ3n) is 7.68. The summed E-state index contributed by atoms with van der Waals surface area (Å²) in [6, 6.07) is 1.58. The van der Waals surface area contributed by atoms with Gasteiger partial charge in [0.2, 0.25) is 5.91 Å². The lowest BCUT2D eigenvalue weighted by Gasteiger charge is -2.42. The number of amides is 1. The van der Waals surface area contributed by atoms with Crippen molar-refractivity contribution in [3.8, 4) is 11.8 Å². The Bertz CT molecular complexity index is 1110. The number of allylic oxidation sites excluding steroid dienone is 2. The SMILES string of the molecule is CC1=CCC(C(=O)N(c2cc(C#CC(C)(C)C)sc2C(=O)O)[C@H]2CC[C@](O)(CO[C@H]3CCOC3)CC2)CC1. The summed E-state index contributed by atoms with van der Waals surface area (Å²) in [4.78, 5) is 28.9. The summed E-state index contributed by atoms with van der Waals surface area (Å²) in [5.74, 6) is 5.05. The van der Waals surface area contributed by atoms with Gasteiger partial charge in [0, 0.05) is 24.0 Å². The molecule has 2 N–H and O–H groups in total. The number of hydrogen-bond donors (Lipinski definition) is 2. The van der Waals surface area contributed by atoms with Crippen molar-refractivity contribution in [3.63, 3.8) is 0 Å². The molecule has 208 valence electrons. The Morgan fingerprint density at radius 2 is 1.97 bits per heavy atom. The highest BCUT2D eigenvalue weighted by Crippen LogP contribution is 2.40. The second-order valence-corrected chi connectivity index (χ2v) is 13.2. The van der Waals surface area contributed by atoms with Crippen LogP contribution in [-0.2, 0) is 14.3 Å². The molecule has 0 spiro atoms. The van der Waals surface area contributed by atoms with E-state index < -0.39 is 11.6 Å². The number of aliphatic hydroxyl groups is 1. The van der Waals surface area contributed by atoms with Crippen LogP contribution in [0.1, 0.15) is 93.6 Å². The number of hydrogen-bond acceptors (Lipinski definition) is 6. The molecule has 1 aromatic rings. The Morgan fingerprint density at radius 3 is 2.55 bits per heavy atom. The lowest BCUT2D eigenvalue weighted by molar-refractivity contribution is -0.124. The summed E-state index contributed by atoms with van der Waals surface area (Å²) in [5, 5.41) is 21.3. The van der Waals surface area contributed by atoms with Crippen LogP contribution in [0.5, 0.6) is 0 Å². The molecule has 1 amide bonds. The van der Waals surface area contributed by atoms with E-state index in [0.717, 1.165) is 30.6 Å². The molecule has 8 heteroatoms. The van der Waals surface area contributed by atoms with E-state index in [9.17, 15) is 19.8 Å². The Morgan fingerprint density at radius 1 is 1.24 bits per heavy atom. The molecule has 0 aromatic carbocycles. The molecule has 7 nitrogen and oxygen atoms in total. The van der Waals surface area contributed by atoms with E-state index in [1.165, 1.54) is 5.57 Å². The van der Waals surface area contributed by atoms with E-state index in [-0.39, 0.29) is 40.9 Å². The van der Waals surface area contributed by atoms with Crippen molar-refractivity contribution in [2.24, 2.45) is 11.3 Å². The number of rotatable bonds is 7. The van der Waals surface area contributed by atoms with Crippen molar-refractivity contribution < 1.29 is 29.3 Å². The molecular formula is C30H41NO6S. The molecule has 3 aliphatic rings. The van der Waals surface area contributed by atoms with Gasteiger partial charge in [-0.05, 0) is 85.1 Å². The van der Waals surface area contributed by atoms with Crippen LogP contribution >= 0.6 is 11.3 Å². The Balaban J connectivity index is 1.60. The minimum Gasteiger partial charge on any atom is -0.477 e. The molecule has 4 rings (SSSR count). The first kappa shape index (κ1) is 28.8. The van der Waals surface area contributed by atoms with Crippen LogP contribution in [0.2, 0.25) is 0 Å². The average Bonchev–Trinajstić information content (AvgIpc) is 3.53. The van der Waals surface area contributed by atoms with Gasteiger partial charge in [0.05, 0.1) is 35.5 Å². The second-order valence-electron chi connectivity index (χ2n) is 12.1. The maximum Gasteiger partial charge on any atom is 0.348 e. The smallest absolute Gasteiger partial charge is 0.348 e. The highest BCUT2D eigenvalue weighted by molar-refractivity contribution is 7.15. The molecular weight excluding hydrogens is 502 g/mol. The fourth-order valence-corrected chi connectivity index (χ4v) is 6.21. The summed E-state index contributed by atoms with van der Waals surface area (Å²) in [5.41, 5.74) is 0.548. The molecule has 0 radical (unpaired) electrons. The van der Waals surface area contributed by atoms with Gasteiger partial charge in [-0.25, -0.2) is 4.79 Å². The van der Waals surface area contributed by atoms with E-state index in [1.54, 1.807) is 11.0 Å². The summed E-state index contributed by atoms with van der Waals surface area (Å²) in [6.07, 6.45) is 7.41. The number of anilines is 1. The number of carbonyl (C=O) groups excluding carboxylic acids is 1. The van der Waals surface area contributed by atoms with Gasteiger partial charge in [0.1, 0.15) is 4.88 Å². The number of nitrogens with zero attached hydrogens (tertiary/aromatic N) is 1.